The Hall–Kier alpha value is -2.89. The topological polar surface area (TPSA) is 83.0 Å². The molecule has 2 aliphatic carbocycles. The summed E-state index contributed by atoms with van der Waals surface area (Å²) in [6.07, 6.45) is 8.72. The van der Waals surface area contributed by atoms with Gasteiger partial charge >= 0.3 is 5.97 Å². The summed E-state index contributed by atoms with van der Waals surface area (Å²) in [6.45, 7) is 9.08. The van der Waals surface area contributed by atoms with Crippen molar-refractivity contribution in [1.82, 2.24) is 9.88 Å². The lowest BCUT2D eigenvalue weighted by molar-refractivity contribution is -0.124. The molecule has 1 amide bonds. The largest absolute Gasteiger partial charge is 0.490 e. The Morgan fingerprint density at radius 3 is 2.37 bits per heavy atom. The standard InChI is InChI=1S/C33H45N3O4S/c1-22-7-9-23(10-8-22)31(37)36(29-20-28(15-17-33(2,3)4)41-30(29)32(38)39)25-11-13-26(14-12-25)40-27-16-18-34-24(19-27)21-35(5)6/h16,18-20,22-23,25-26H,7-14,21H2,1-6H3,(H,38,39)/t22-,23-,25-,26-. The van der Waals surface area contributed by atoms with E-state index in [9.17, 15) is 14.7 Å². The van der Waals surface area contributed by atoms with E-state index in [1.807, 2.05) is 58.0 Å². The first-order valence-electron chi connectivity index (χ1n) is 14.9. The molecule has 0 aromatic carbocycles. The molecule has 2 heterocycles. The third kappa shape index (κ3) is 8.56. The van der Waals surface area contributed by atoms with E-state index in [0.717, 1.165) is 69.4 Å². The number of anilines is 1. The zero-order valence-corrected chi connectivity index (χ0v) is 26.2. The molecule has 2 saturated carbocycles. The molecule has 2 aromatic rings. The van der Waals surface area contributed by atoms with Crippen LogP contribution < -0.4 is 9.64 Å². The number of carbonyl (C=O) groups is 2. The summed E-state index contributed by atoms with van der Waals surface area (Å²) in [4.78, 5) is 35.8. The van der Waals surface area contributed by atoms with Crippen LogP contribution in [-0.4, -0.2) is 53.1 Å². The van der Waals surface area contributed by atoms with Gasteiger partial charge in [0.2, 0.25) is 5.91 Å². The molecule has 0 unspecified atom stereocenters. The van der Waals surface area contributed by atoms with Crippen molar-refractivity contribution in [3.8, 4) is 17.6 Å². The molecular weight excluding hydrogens is 534 g/mol. The molecule has 0 saturated heterocycles. The van der Waals surface area contributed by atoms with Crippen molar-refractivity contribution in [2.45, 2.75) is 97.8 Å². The summed E-state index contributed by atoms with van der Waals surface area (Å²) in [6, 6.07) is 5.66. The van der Waals surface area contributed by atoms with Crippen molar-refractivity contribution < 1.29 is 19.4 Å². The van der Waals surface area contributed by atoms with Gasteiger partial charge < -0.3 is 19.6 Å². The number of nitrogens with zero attached hydrogens (tertiary/aromatic N) is 3. The molecule has 4 rings (SSSR count). The first-order valence-corrected chi connectivity index (χ1v) is 15.7. The van der Waals surface area contributed by atoms with Crippen molar-refractivity contribution in [2.24, 2.45) is 17.3 Å². The predicted molar refractivity (Wildman–Crippen MR) is 165 cm³/mol. The first-order chi connectivity index (χ1) is 19.4. The minimum absolute atomic E-state index is 0.0444. The van der Waals surface area contributed by atoms with Crippen molar-refractivity contribution in [3.05, 3.63) is 39.8 Å². The number of pyridine rings is 1. The summed E-state index contributed by atoms with van der Waals surface area (Å²) in [5, 5.41) is 10.2. The molecule has 7 nitrogen and oxygen atoms in total. The highest BCUT2D eigenvalue weighted by molar-refractivity contribution is 7.15. The van der Waals surface area contributed by atoms with Crippen molar-refractivity contribution in [3.63, 3.8) is 0 Å². The number of aromatic nitrogens is 1. The molecule has 41 heavy (non-hydrogen) atoms. The minimum Gasteiger partial charge on any atom is -0.490 e. The van der Waals surface area contributed by atoms with Crippen LogP contribution in [0, 0.1) is 29.1 Å². The zero-order chi connectivity index (χ0) is 29.7. The molecule has 0 aliphatic heterocycles. The third-order valence-electron chi connectivity index (χ3n) is 7.91. The van der Waals surface area contributed by atoms with Crippen LogP contribution in [0.15, 0.2) is 24.4 Å². The van der Waals surface area contributed by atoms with Crippen LogP contribution in [0.2, 0.25) is 0 Å². The molecule has 0 spiro atoms. The second-order valence-electron chi connectivity index (χ2n) is 13.1. The van der Waals surface area contributed by atoms with Crippen LogP contribution in [0.3, 0.4) is 0 Å². The van der Waals surface area contributed by atoms with E-state index >= 15 is 0 Å². The summed E-state index contributed by atoms with van der Waals surface area (Å²) < 4.78 is 6.36. The monoisotopic (exact) mass is 579 g/mol. The van der Waals surface area contributed by atoms with Gasteiger partial charge in [0.25, 0.3) is 0 Å². The maximum Gasteiger partial charge on any atom is 0.348 e. The van der Waals surface area contributed by atoms with Crippen LogP contribution in [0.1, 0.15) is 99.3 Å². The number of carboxylic acid groups (broad SMARTS) is 1. The Balaban J connectivity index is 1.57. The SMILES string of the molecule is CN(C)Cc1cc(O[C@H]2CC[C@H](N(c3cc(C#CC(C)(C)C)sc3C(=O)O)C(=O)[C@H]3CC[C@H](C)CC3)CC2)ccn1. The lowest BCUT2D eigenvalue weighted by atomic mass is 9.81. The Morgan fingerprint density at radius 2 is 1.76 bits per heavy atom. The fraction of sp³-hybridized carbons (Fsp3) is 0.606. The normalized spacial score (nSPS) is 23.0. The molecule has 222 valence electrons. The molecule has 1 N–H and O–H groups in total. The fourth-order valence-corrected chi connectivity index (χ4v) is 6.62. The molecule has 0 bridgehead atoms. The van der Waals surface area contributed by atoms with E-state index in [1.165, 1.54) is 11.3 Å². The smallest absolute Gasteiger partial charge is 0.348 e. The van der Waals surface area contributed by atoms with Crippen LogP contribution in [0.25, 0.3) is 0 Å². The lowest BCUT2D eigenvalue weighted by Crippen LogP contribution is -2.47. The minimum atomic E-state index is -1.01. The van der Waals surface area contributed by atoms with E-state index in [-0.39, 0.29) is 34.3 Å². The summed E-state index contributed by atoms with van der Waals surface area (Å²) >= 11 is 1.17. The van der Waals surface area contributed by atoms with Crippen LogP contribution in [0.5, 0.6) is 5.75 Å². The molecule has 2 aromatic heterocycles. The van der Waals surface area contributed by atoms with E-state index < -0.39 is 5.97 Å². The zero-order valence-electron chi connectivity index (χ0n) is 25.4. The second kappa shape index (κ2) is 13.4. The van der Waals surface area contributed by atoms with Gasteiger partial charge in [-0.05, 0) is 104 Å². The van der Waals surface area contributed by atoms with Crippen molar-refractivity contribution >= 4 is 28.9 Å². The Kier molecular flexibility index (Phi) is 10.1. The van der Waals surface area contributed by atoms with Gasteiger partial charge in [-0.2, -0.15) is 0 Å². The number of thiophene rings is 1. The Morgan fingerprint density at radius 1 is 1.07 bits per heavy atom. The molecule has 2 aliphatic rings. The van der Waals surface area contributed by atoms with Gasteiger partial charge in [-0.1, -0.05) is 18.8 Å². The van der Waals surface area contributed by atoms with Gasteiger partial charge in [0.05, 0.1) is 22.4 Å². The van der Waals surface area contributed by atoms with Gasteiger partial charge in [0.1, 0.15) is 10.6 Å². The number of carboxylic acids is 1. The van der Waals surface area contributed by atoms with E-state index in [4.69, 9.17) is 4.74 Å². The number of aromatic carboxylic acids is 1. The highest BCUT2D eigenvalue weighted by Gasteiger charge is 2.37. The van der Waals surface area contributed by atoms with Gasteiger partial charge in [-0.15, -0.1) is 11.3 Å². The second-order valence-corrected chi connectivity index (χ2v) is 14.1. The number of carbonyl (C=O) groups excluding carboxylic acids is 1. The highest BCUT2D eigenvalue weighted by Crippen LogP contribution is 2.39. The molecule has 8 heteroatoms. The number of hydrogen-bond acceptors (Lipinski definition) is 6. The maximum atomic E-state index is 14.2. The van der Waals surface area contributed by atoms with Crippen LogP contribution in [-0.2, 0) is 11.3 Å². The average Bonchev–Trinajstić information content (AvgIpc) is 3.33. The van der Waals surface area contributed by atoms with E-state index in [1.54, 1.807) is 6.20 Å². The van der Waals surface area contributed by atoms with Gasteiger partial charge in [0.15, 0.2) is 0 Å². The molecule has 2 fully saturated rings. The Labute approximate surface area is 249 Å². The fourth-order valence-electron chi connectivity index (χ4n) is 5.78. The first kappa shape index (κ1) is 31.1. The molecule has 0 radical (unpaired) electrons. The van der Waals surface area contributed by atoms with E-state index in [0.29, 0.717) is 16.5 Å². The van der Waals surface area contributed by atoms with Crippen molar-refractivity contribution in [1.29, 1.82) is 0 Å². The van der Waals surface area contributed by atoms with Gasteiger partial charge in [-0.3, -0.25) is 9.78 Å². The van der Waals surface area contributed by atoms with Crippen LogP contribution >= 0.6 is 11.3 Å². The van der Waals surface area contributed by atoms with Crippen molar-refractivity contribution in [2.75, 3.05) is 19.0 Å². The summed E-state index contributed by atoms with van der Waals surface area (Å²) in [7, 11) is 4.03. The van der Waals surface area contributed by atoms with Gasteiger partial charge in [0, 0.05) is 36.2 Å². The van der Waals surface area contributed by atoms with Gasteiger partial charge in [-0.25, -0.2) is 4.79 Å². The number of hydrogen-bond donors (Lipinski definition) is 1. The third-order valence-corrected chi connectivity index (χ3v) is 8.94. The predicted octanol–water partition coefficient (Wildman–Crippen LogP) is 6.85. The number of rotatable bonds is 8. The quantitative estimate of drug-likeness (QED) is 0.345. The number of ether oxygens (including phenoxy) is 1. The molecule has 0 atom stereocenters. The molecular formula is C33H45N3O4S. The average molecular weight is 580 g/mol. The van der Waals surface area contributed by atoms with Crippen LogP contribution in [0.4, 0.5) is 5.69 Å². The highest BCUT2D eigenvalue weighted by atomic mass is 32.1. The Bertz CT molecular complexity index is 1270. The summed E-state index contributed by atoms with van der Waals surface area (Å²) in [5.41, 5.74) is 1.27. The van der Waals surface area contributed by atoms with E-state index in [2.05, 4.69) is 28.6 Å². The number of amides is 1. The lowest BCUT2D eigenvalue weighted by Gasteiger charge is -2.39. The summed E-state index contributed by atoms with van der Waals surface area (Å²) in [5.74, 6) is 6.82. The maximum absolute atomic E-state index is 14.2.